The van der Waals surface area contributed by atoms with Gasteiger partial charge in [-0.1, -0.05) is 57.9 Å². The maximum Gasteiger partial charge on any atom is 0.106 e. The molecule has 0 bridgehead atoms. The zero-order chi connectivity index (χ0) is 15.6. The molecule has 0 saturated heterocycles. The van der Waals surface area contributed by atoms with Gasteiger partial charge in [-0.05, 0) is 36.8 Å². The summed E-state index contributed by atoms with van der Waals surface area (Å²) in [6.07, 6.45) is 0. The summed E-state index contributed by atoms with van der Waals surface area (Å²) in [6, 6.07) is 13.8. The van der Waals surface area contributed by atoms with Crippen molar-refractivity contribution in [3.05, 3.63) is 63.1 Å². The van der Waals surface area contributed by atoms with E-state index in [1.807, 2.05) is 49.5 Å². The van der Waals surface area contributed by atoms with Gasteiger partial charge in [0.05, 0.1) is 6.04 Å². The molecule has 0 heterocycles. The van der Waals surface area contributed by atoms with Crippen molar-refractivity contribution in [3.63, 3.8) is 0 Å². The van der Waals surface area contributed by atoms with Gasteiger partial charge in [-0.3, -0.25) is 0 Å². The average molecular weight is 384 g/mol. The summed E-state index contributed by atoms with van der Waals surface area (Å²) in [5.41, 5.74) is 8.73. The van der Waals surface area contributed by atoms with E-state index in [0.717, 1.165) is 26.3 Å². The van der Waals surface area contributed by atoms with Crippen LogP contribution in [0.5, 0.6) is 0 Å². The Bertz CT molecular complexity index is 675. The van der Waals surface area contributed by atoms with E-state index in [2.05, 4.69) is 27.8 Å². The topological polar surface area (TPSA) is 29.3 Å². The molecule has 0 spiro atoms. The monoisotopic (exact) mass is 382 g/mol. The summed E-state index contributed by atoms with van der Waals surface area (Å²) >= 11 is 14.9. The van der Waals surface area contributed by atoms with Crippen molar-refractivity contribution in [2.24, 2.45) is 5.73 Å². The van der Waals surface area contributed by atoms with Gasteiger partial charge in [0.1, 0.15) is 4.99 Å². The molecular weight excluding hydrogens is 368 g/mol. The Labute approximate surface area is 144 Å². The van der Waals surface area contributed by atoms with Gasteiger partial charge in [0.15, 0.2) is 0 Å². The number of benzene rings is 2. The Hall–Kier alpha value is -1.10. The Morgan fingerprint density at radius 1 is 1.29 bits per heavy atom. The molecule has 2 nitrogen and oxygen atoms in total. The predicted octanol–water partition coefficient (Wildman–Crippen LogP) is 4.93. The molecule has 0 aliphatic carbocycles. The van der Waals surface area contributed by atoms with E-state index in [4.69, 9.17) is 29.6 Å². The fourth-order valence-corrected chi connectivity index (χ4v) is 3.05. The van der Waals surface area contributed by atoms with Crippen molar-refractivity contribution in [2.45, 2.75) is 13.0 Å². The van der Waals surface area contributed by atoms with Gasteiger partial charge in [-0.2, -0.15) is 0 Å². The number of anilines is 1. The summed E-state index contributed by atoms with van der Waals surface area (Å²) in [7, 11) is 2.01. The minimum absolute atomic E-state index is 0.0982. The molecule has 0 radical (unpaired) electrons. The lowest BCUT2D eigenvalue weighted by atomic mass is 10.0. The van der Waals surface area contributed by atoms with Crippen molar-refractivity contribution in [1.29, 1.82) is 0 Å². The first kappa shape index (κ1) is 16.3. The van der Waals surface area contributed by atoms with Crippen LogP contribution in [0, 0.1) is 0 Å². The molecule has 2 aromatic rings. The Balaban J connectivity index is 2.44. The van der Waals surface area contributed by atoms with Gasteiger partial charge in [-0.25, -0.2) is 0 Å². The van der Waals surface area contributed by atoms with Gasteiger partial charge in [0.25, 0.3) is 0 Å². The Morgan fingerprint density at radius 3 is 2.57 bits per heavy atom. The SMILES string of the molecule is CC(c1ccccc1Cl)N(C)c1cc(Br)ccc1C(N)=S. The maximum atomic E-state index is 6.30. The zero-order valence-electron chi connectivity index (χ0n) is 11.8. The van der Waals surface area contributed by atoms with Crippen LogP contribution in [0.4, 0.5) is 5.69 Å². The minimum atomic E-state index is 0.0982. The van der Waals surface area contributed by atoms with Crippen LogP contribution in [-0.4, -0.2) is 12.0 Å². The predicted molar refractivity (Wildman–Crippen MR) is 98.3 cm³/mol. The number of nitrogens with zero attached hydrogens (tertiary/aromatic N) is 1. The highest BCUT2D eigenvalue weighted by Gasteiger charge is 2.18. The zero-order valence-corrected chi connectivity index (χ0v) is 15.0. The van der Waals surface area contributed by atoms with Crippen LogP contribution in [0.15, 0.2) is 46.9 Å². The van der Waals surface area contributed by atoms with Crippen LogP contribution in [0.1, 0.15) is 24.1 Å². The van der Waals surface area contributed by atoms with Gasteiger partial charge >= 0.3 is 0 Å². The second kappa shape index (κ2) is 6.77. The molecule has 2 N–H and O–H groups in total. The second-order valence-electron chi connectivity index (χ2n) is 4.83. The highest BCUT2D eigenvalue weighted by atomic mass is 79.9. The smallest absolute Gasteiger partial charge is 0.106 e. The third kappa shape index (κ3) is 3.57. The highest BCUT2D eigenvalue weighted by Crippen LogP contribution is 2.33. The van der Waals surface area contributed by atoms with Gasteiger partial charge in [0.2, 0.25) is 0 Å². The largest absolute Gasteiger partial charge is 0.389 e. The van der Waals surface area contributed by atoms with E-state index in [1.54, 1.807) is 0 Å². The van der Waals surface area contributed by atoms with Crippen molar-refractivity contribution < 1.29 is 0 Å². The number of hydrogen-bond donors (Lipinski definition) is 1. The Morgan fingerprint density at radius 2 is 1.95 bits per heavy atom. The molecule has 5 heteroatoms. The molecule has 1 atom stereocenters. The summed E-state index contributed by atoms with van der Waals surface area (Å²) in [5.74, 6) is 0. The van der Waals surface area contributed by atoms with Crippen LogP contribution >= 0.6 is 39.7 Å². The number of thiocarbonyl (C=S) groups is 1. The molecule has 21 heavy (non-hydrogen) atoms. The Kier molecular flexibility index (Phi) is 5.25. The fourth-order valence-electron chi connectivity index (χ4n) is 2.24. The molecule has 0 fully saturated rings. The van der Waals surface area contributed by atoms with Crippen molar-refractivity contribution >= 4 is 50.4 Å². The molecule has 2 rings (SSSR count). The maximum absolute atomic E-state index is 6.30. The first-order valence-electron chi connectivity index (χ1n) is 6.48. The molecule has 110 valence electrons. The van der Waals surface area contributed by atoms with E-state index < -0.39 is 0 Å². The van der Waals surface area contributed by atoms with E-state index in [9.17, 15) is 0 Å². The third-order valence-corrected chi connectivity index (χ3v) is 4.60. The molecule has 0 aliphatic rings. The number of rotatable bonds is 4. The number of halogens is 2. The molecule has 2 aromatic carbocycles. The van der Waals surface area contributed by atoms with Gasteiger partial charge < -0.3 is 10.6 Å². The quantitative estimate of drug-likeness (QED) is 0.759. The normalized spacial score (nSPS) is 12.0. The average Bonchev–Trinajstić information content (AvgIpc) is 2.45. The molecule has 1 unspecified atom stereocenters. The van der Waals surface area contributed by atoms with E-state index >= 15 is 0 Å². The van der Waals surface area contributed by atoms with Crippen molar-refractivity contribution in [3.8, 4) is 0 Å². The summed E-state index contributed by atoms with van der Waals surface area (Å²) in [5, 5.41) is 0.753. The van der Waals surface area contributed by atoms with E-state index in [-0.39, 0.29) is 6.04 Å². The summed E-state index contributed by atoms with van der Waals surface area (Å²) in [6.45, 7) is 2.10. The van der Waals surface area contributed by atoms with Crippen LogP contribution in [0.25, 0.3) is 0 Å². The minimum Gasteiger partial charge on any atom is -0.389 e. The van der Waals surface area contributed by atoms with Crippen LogP contribution in [0.2, 0.25) is 5.02 Å². The molecular formula is C16H16BrClN2S. The van der Waals surface area contributed by atoms with Crippen LogP contribution < -0.4 is 10.6 Å². The first-order valence-corrected chi connectivity index (χ1v) is 8.06. The van der Waals surface area contributed by atoms with Crippen LogP contribution in [-0.2, 0) is 0 Å². The van der Waals surface area contributed by atoms with E-state index in [0.29, 0.717) is 4.99 Å². The lowest BCUT2D eigenvalue weighted by Crippen LogP contribution is -2.25. The molecule has 0 aliphatic heterocycles. The van der Waals surface area contributed by atoms with Crippen LogP contribution in [0.3, 0.4) is 0 Å². The fraction of sp³-hybridized carbons (Fsp3) is 0.188. The summed E-state index contributed by atoms with van der Waals surface area (Å²) < 4.78 is 0.982. The van der Waals surface area contributed by atoms with Crippen molar-refractivity contribution in [2.75, 3.05) is 11.9 Å². The third-order valence-electron chi connectivity index (χ3n) is 3.54. The van der Waals surface area contributed by atoms with Gasteiger partial charge in [-0.15, -0.1) is 0 Å². The molecule has 0 aromatic heterocycles. The number of nitrogens with two attached hydrogens (primary N) is 1. The lowest BCUT2D eigenvalue weighted by molar-refractivity contribution is 0.739. The van der Waals surface area contributed by atoms with Crippen molar-refractivity contribution in [1.82, 2.24) is 0 Å². The lowest BCUT2D eigenvalue weighted by Gasteiger charge is -2.30. The molecule has 0 amide bonds. The highest BCUT2D eigenvalue weighted by molar-refractivity contribution is 9.10. The molecule has 0 saturated carbocycles. The number of hydrogen-bond acceptors (Lipinski definition) is 2. The first-order chi connectivity index (χ1) is 9.91. The standard InChI is InChI=1S/C16H16BrClN2S/c1-10(12-5-3-4-6-14(12)18)20(2)15-9-11(17)7-8-13(15)16(19)21/h3-10H,1-2H3,(H2,19,21). The van der Waals surface area contributed by atoms with E-state index in [1.165, 1.54) is 0 Å². The second-order valence-corrected chi connectivity index (χ2v) is 6.60. The summed E-state index contributed by atoms with van der Waals surface area (Å²) in [4.78, 5) is 2.51. The van der Waals surface area contributed by atoms with Gasteiger partial charge in [0, 0.05) is 27.8 Å².